The second-order valence-corrected chi connectivity index (χ2v) is 9.42. The maximum Gasteiger partial charge on any atom is 0.261 e. The molecule has 3 heterocycles. The Bertz CT molecular complexity index is 1030. The first-order valence-corrected chi connectivity index (χ1v) is 12.1. The summed E-state index contributed by atoms with van der Waals surface area (Å²) < 4.78 is 5.46. The quantitative estimate of drug-likeness (QED) is 0.542. The highest BCUT2D eigenvalue weighted by Gasteiger charge is 2.30. The van der Waals surface area contributed by atoms with E-state index >= 15 is 0 Å². The topological polar surface area (TPSA) is 54.5 Å². The molecule has 1 saturated heterocycles. The van der Waals surface area contributed by atoms with Gasteiger partial charge in [-0.3, -0.25) is 14.7 Å². The van der Waals surface area contributed by atoms with E-state index in [0.29, 0.717) is 5.92 Å². The highest BCUT2D eigenvalue weighted by Crippen LogP contribution is 2.32. The maximum absolute atomic E-state index is 12.8. The first-order chi connectivity index (χ1) is 15.6. The summed E-state index contributed by atoms with van der Waals surface area (Å²) in [5.41, 5.74) is 4.82. The molecule has 0 saturated carbocycles. The Kier molecular flexibility index (Phi) is 7.22. The Morgan fingerprint density at radius 2 is 1.97 bits per heavy atom. The van der Waals surface area contributed by atoms with Gasteiger partial charge >= 0.3 is 0 Å². The van der Waals surface area contributed by atoms with Crippen LogP contribution in [0.1, 0.15) is 50.9 Å². The second kappa shape index (κ2) is 10.3. The van der Waals surface area contributed by atoms with E-state index in [1.54, 1.807) is 7.11 Å². The third kappa shape index (κ3) is 5.03. The largest absolute Gasteiger partial charge is 0.496 e. The Morgan fingerprint density at radius 1 is 1.16 bits per heavy atom. The van der Waals surface area contributed by atoms with Gasteiger partial charge in [-0.1, -0.05) is 18.2 Å². The number of nitrogens with zero attached hydrogens (tertiary/aromatic N) is 2. The van der Waals surface area contributed by atoms with Crippen molar-refractivity contribution in [2.75, 3.05) is 20.2 Å². The molecule has 1 aromatic carbocycles. The number of carbonyl (C=O) groups excluding carboxylic acids is 1. The van der Waals surface area contributed by atoms with Gasteiger partial charge < -0.3 is 10.1 Å². The van der Waals surface area contributed by atoms with Crippen molar-refractivity contribution < 1.29 is 9.53 Å². The van der Waals surface area contributed by atoms with Gasteiger partial charge in [0.25, 0.3) is 5.91 Å². The van der Waals surface area contributed by atoms with Crippen LogP contribution in [0.15, 0.2) is 54.0 Å². The predicted octanol–water partition coefficient (Wildman–Crippen LogP) is 5.15. The number of rotatable bonds is 7. The number of benzene rings is 1. The highest BCUT2D eigenvalue weighted by molar-refractivity contribution is 7.12. The van der Waals surface area contributed by atoms with Gasteiger partial charge in [-0.2, -0.15) is 0 Å². The number of hydrogen-bond donors (Lipinski definition) is 1. The zero-order chi connectivity index (χ0) is 22.5. The minimum atomic E-state index is -0.0714. The Balaban J connectivity index is 1.43. The summed E-state index contributed by atoms with van der Waals surface area (Å²) in [6.07, 6.45) is 3.86. The summed E-state index contributed by atoms with van der Waals surface area (Å²) in [5.74, 6) is 1.30. The molecule has 1 amide bonds. The van der Waals surface area contributed by atoms with Crippen molar-refractivity contribution in [1.82, 2.24) is 15.2 Å². The first-order valence-electron chi connectivity index (χ1n) is 11.2. The Labute approximate surface area is 194 Å². The Morgan fingerprint density at radius 3 is 2.62 bits per heavy atom. The zero-order valence-corrected chi connectivity index (χ0v) is 19.8. The van der Waals surface area contributed by atoms with Crippen LogP contribution in [0.3, 0.4) is 0 Å². The van der Waals surface area contributed by atoms with Crippen LogP contribution in [0.25, 0.3) is 0 Å². The minimum absolute atomic E-state index is 0.0117. The average Bonchev–Trinajstić information content (AvgIpc) is 3.37. The molecule has 32 heavy (non-hydrogen) atoms. The molecule has 168 valence electrons. The van der Waals surface area contributed by atoms with Gasteiger partial charge in [-0.25, -0.2) is 0 Å². The standard InChI is InChI=1S/C26H31N3O2S/c1-18-19(2)23(31-3)10-9-21(18)17-29-14-11-20(12-15-29)25(22-7-4-5-13-27-22)28-26(30)24-8-6-16-32-24/h4-10,13,16,20,25H,11-12,14-15,17H2,1-3H3,(H,28,30)/t25-/m0/s1. The fraction of sp³-hybridized carbons (Fsp3) is 0.385. The molecule has 0 spiro atoms. The molecule has 1 aliphatic heterocycles. The number of hydrogen-bond acceptors (Lipinski definition) is 5. The van der Waals surface area contributed by atoms with E-state index < -0.39 is 0 Å². The third-order valence-corrected chi connectivity index (χ3v) is 7.47. The van der Waals surface area contributed by atoms with Crippen molar-refractivity contribution in [3.05, 3.63) is 81.3 Å². The number of carbonyl (C=O) groups is 1. The van der Waals surface area contributed by atoms with E-state index in [0.717, 1.165) is 48.8 Å². The van der Waals surface area contributed by atoms with Crippen LogP contribution in [-0.2, 0) is 6.54 Å². The van der Waals surface area contributed by atoms with Crippen LogP contribution in [-0.4, -0.2) is 36.0 Å². The highest BCUT2D eigenvalue weighted by atomic mass is 32.1. The molecule has 0 aliphatic carbocycles. The van der Waals surface area contributed by atoms with Crippen LogP contribution in [0.5, 0.6) is 5.75 Å². The number of piperidine rings is 1. The van der Waals surface area contributed by atoms with Gasteiger partial charge in [0.2, 0.25) is 0 Å². The fourth-order valence-corrected chi connectivity index (χ4v) is 5.17. The lowest BCUT2D eigenvalue weighted by molar-refractivity contribution is 0.0892. The molecule has 2 aromatic heterocycles. The minimum Gasteiger partial charge on any atom is -0.496 e. The number of aromatic nitrogens is 1. The molecular formula is C26H31N3O2S. The monoisotopic (exact) mass is 449 g/mol. The van der Waals surface area contributed by atoms with Crippen molar-refractivity contribution >= 4 is 17.2 Å². The molecule has 0 unspecified atom stereocenters. The lowest BCUT2D eigenvalue weighted by Crippen LogP contribution is -2.40. The first kappa shape index (κ1) is 22.5. The summed E-state index contributed by atoms with van der Waals surface area (Å²) in [6, 6.07) is 13.9. The maximum atomic E-state index is 12.8. The average molecular weight is 450 g/mol. The van der Waals surface area contributed by atoms with E-state index in [1.807, 2.05) is 41.9 Å². The summed E-state index contributed by atoms with van der Waals surface area (Å²) in [4.78, 5) is 20.6. The van der Waals surface area contributed by atoms with E-state index in [9.17, 15) is 4.79 Å². The molecule has 3 aromatic rings. The Hall–Kier alpha value is -2.70. The molecule has 1 aliphatic rings. The van der Waals surface area contributed by atoms with Crippen LogP contribution in [0.4, 0.5) is 0 Å². The fourth-order valence-electron chi connectivity index (χ4n) is 4.54. The molecule has 1 atom stereocenters. The summed E-state index contributed by atoms with van der Waals surface area (Å²) >= 11 is 1.47. The van der Waals surface area contributed by atoms with Gasteiger partial charge in [0.15, 0.2) is 0 Å². The zero-order valence-electron chi connectivity index (χ0n) is 19.0. The smallest absolute Gasteiger partial charge is 0.261 e. The molecule has 0 bridgehead atoms. The van der Waals surface area contributed by atoms with Crippen molar-refractivity contribution in [3.8, 4) is 5.75 Å². The number of pyridine rings is 1. The molecular weight excluding hydrogens is 418 g/mol. The number of amides is 1. The molecule has 1 N–H and O–H groups in total. The van der Waals surface area contributed by atoms with E-state index in [2.05, 4.69) is 41.2 Å². The number of methoxy groups -OCH3 is 1. The van der Waals surface area contributed by atoms with Crippen LogP contribution >= 0.6 is 11.3 Å². The van der Waals surface area contributed by atoms with Crippen LogP contribution < -0.4 is 10.1 Å². The van der Waals surface area contributed by atoms with Gasteiger partial charge in [-0.05, 0) is 92.0 Å². The van der Waals surface area contributed by atoms with Gasteiger partial charge in [0.1, 0.15) is 5.75 Å². The van der Waals surface area contributed by atoms with E-state index in [1.165, 1.54) is 28.0 Å². The number of likely N-dealkylation sites (tertiary alicyclic amines) is 1. The van der Waals surface area contributed by atoms with Gasteiger partial charge in [0.05, 0.1) is 23.7 Å². The lowest BCUT2D eigenvalue weighted by Gasteiger charge is -2.36. The lowest BCUT2D eigenvalue weighted by atomic mass is 9.87. The molecule has 6 heteroatoms. The molecule has 1 fully saturated rings. The normalized spacial score (nSPS) is 16.0. The number of thiophene rings is 1. The van der Waals surface area contributed by atoms with Crippen LogP contribution in [0, 0.1) is 19.8 Å². The van der Waals surface area contributed by atoms with Crippen molar-refractivity contribution in [1.29, 1.82) is 0 Å². The summed E-state index contributed by atoms with van der Waals surface area (Å²) in [6.45, 7) is 7.26. The van der Waals surface area contributed by atoms with Crippen LogP contribution in [0.2, 0.25) is 0 Å². The SMILES string of the molecule is COc1ccc(CN2CCC([C@H](NC(=O)c3cccs3)c3ccccn3)CC2)c(C)c1C. The second-order valence-electron chi connectivity index (χ2n) is 8.47. The van der Waals surface area contributed by atoms with E-state index in [-0.39, 0.29) is 11.9 Å². The molecule has 0 radical (unpaired) electrons. The van der Waals surface area contributed by atoms with Crippen molar-refractivity contribution in [2.24, 2.45) is 5.92 Å². The summed E-state index contributed by atoms with van der Waals surface area (Å²) in [5, 5.41) is 5.21. The van der Waals surface area contributed by atoms with Crippen molar-refractivity contribution in [3.63, 3.8) is 0 Å². The number of nitrogens with one attached hydrogen (secondary N) is 1. The van der Waals surface area contributed by atoms with Crippen molar-refractivity contribution in [2.45, 2.75) is 39.3 Å². The number of ether oxygens (including phenoxy) is 1. The predicted molar refractivity (Wildman–Crippen MR) is 129 cm³/mol. The van der Waals surface area contributed by atoms with Gasteiger partial charge in [-0.15, -0.1) is 11.3 Å². The molecule has 5 nitrogen and oxygen atoms in total. The van der Waals surface area contributed by atoms with E-state index in [4.69, 9.17) is 4.74 Å². The van der Waals surface area contributed by atoms with Gasteiger partial charge in [0, 0.05) is 12.7 Å². The molecule has 4 rings (SSSR count). The summed E-state index contributed by atoms with van der Waals surface area (Å²) in [7, 11) is 1.72. The third-order valence-electron chi connectivity index (χ3n) is 6.61.